The van der Waals surface area contributed by atoms with Crippen LogP contribution in [0.15, 0.2) is 17.5 Å². The van der Waals surface area contributed by atoms with Crippen LogP contribution in [0, 0.1) is 18.6 Å². The molecule has 0 saturated carbocycles. The van der Waals surface area contributed by atoms with Crippen LogP contribution in [0.2, 0.25) is 0 Å². The maximum absolute atomic E-state index is 14.0. The lowest BCUT2D eigenvalue weighted by Crippen LogP contribution is -2.22. The molecule has 0 fully saturated rings. The summed E-state index contributed by atoms with van der Waals surface area (Å²) < 4.78 is 32.1. The number of aromatic nitrogens is 2. The largest absolute Gasteiger partial charge is 0.505 e. The van der Waals surface area contributed by atoms with Crippen LogP contribution in [0.25, 0.3) is 21.1 Å². The summed E-state index contributed by atoms with van der Waals surface area (Å²) >= 11 is 2.49. The second-order valence-corrected chi connectivity index (χ2v) is 7.11. The Morgan fingerprint density at radius 1 is 1.31 bits per heavy atom. The van der Waals surface area contributed by atoms with Crippen molar-refractivity contribution in [3.05, 3.63) is 39.8 Å². The summed E-state index contributed by atoms with van der Waals surface area (Å²) in [6, 6.07) is 2.37. The van der Waals surface area contributed by atoms with Crippen LogP contribution in [0.1, 0.15) is 10.7 Å². The number of hydrogen-bond acceptors (Lipinski definition) is 7. The number of hydrogen-bond donors (Lipinski definition) is 2. The predicted molar refractivity (Wildman–Crippen MR) is 94.2 cm³/mol. The maximum Gasteiger partial charge on any atom is 0.407 e. The summed E-state index contributed by atoms with van der Waals surface area (Å²) in [5, 5.41) is 14.4. The summed E-state index contributed by atoms with van der Waals surface area (Å²) in [5.41, 5.74) is 1.27. The number of benzene rings is 1. The molecule has 0 aliphatic heterocycles. The number of aryl methyl sites for hydroxylation is 1. The van der Waals surface area contributed by atoms with Gasteiger partial charge in [-0.05, 0) is 19.1 Å². The van der Waals surface area contributed by atoms with Crippen LogP contribution >= 0.6 is 22.7 Å². The first kappa shape index (κ1) is 18.2. The standard InChI is InChI=1S/C16H13F2N3O3S2/c1-7-14(26-11(20-7)5-19-16(23)24-2)9-6-25-15(21-9)8-3-4-10(22)13(18)12(8)17/h3-4,6,22H,5H2,1-2H3,(H,19,23). The fourth-order valence-electron chi connectivity index (χ4n) is 2.19. The summed E-state index contributed by atoms with van der Waals surface area (Å²) in [5.74, 6) is -3.19. The molecule has 3 rings (SSSR count). The number of carbonyl (C=O) groups is 1. The van der Waals surface area contributed by atoms with E-state index in [2.05, 4.69) is 20.0 Å². The van der Waals surface area contributed by atoms with E-state index in [1.54, 1.807) is 12.3 Å². The van der Waals surface area contributed by atoms with Crippen molar-refractivity contribution in [2.24, 2.45) is 0 Å². The SMILES string of the molecule is COC(=O)NCc1nc(C)c(-c2csc(-c3ccc(O)c(F)c3F)n2)s1. The molecule has 26 heavy (non-hydrogen) atoms. The van der Waals surface area contributed by atoms with Crippen molar-refractivity contribution in [1.82, 2.24) is 15.3 Å². The third kappa shape index (κ3) is 3.51. The third-order valence-electron chi connectivity index (χ3n) is 3.44. The van der Waals surface area contributed by atoms with Crippen molar-refractivity contribution in [3.63, 3.8) is 0 Å². The van der Waals surface area contributed by atoms with Gasteiger partial charge in [-0.3, -0.25) is 0 Å². The average molecular weight is 397 g/mol. The Bertz CT molecular complexity index is 972. The highest BCUT2D eigenvalue weighted by atomic mass is 32.1. The number of amides is 1. The van der Waals surface area contributed by atoms with Gasteiger partial charge in [-0.15, -0.1) is 22.7 Å². The molecule has 0 atom stereocenters. The topological polar surface area (TPSA) is 84.3 Å². The molecule has 0 aliphatic rings. The van der Waals surface area contributed by atoms with E-state index in [-0.39, 0.29) is 12.1 Å². The number of aromatic hydroxyl groups is 1. The first-order valence-electron chi connectivity index (χ1n) is 7.32. The van der Waals surface area contributed by atoms with Crippen molar-refractivity contribution < 1.29 is 23.4 Å². The van der Waals surface area contributed by atoms with Crippen molar-refractivity contribution in [3.8, 4) is 26.9 Å². The lowest BCUT2D eigenvalue weighted by atomic mass is 10.2. The van der Waals surface area contributed by atoms with E-state index in [1.165, 1.54) is 24.5 Å². The van der Waals surface area contributed by atoms with Crippen molar-refractivity contribution >= 4 is 28.8 Å². The van der Waals surface area contributed by atoms with E-state index in [9.17, 15) is 18.7 Å². The Labute approximate surface area is 155 Å². The van der Waals surface area contributed by atoms with Gasteiger partial charge in [0.05, 0.1) is 29.9 Å². The minimum absolute atomic E-state index is 0.0219. The van der Waals surface area contributed by atoms with E-state index in [4.69, 9.17) is 0 Å². The van der Waals surface area contributed by atoms with Gasteiger partial charge in [0.25, 0.3) is 0 Å². The molecule has 2 N–H and O–H groups in total. The van der Waals surface area contributed by atoms with Crippen LogP contribution in [-0.4, -0.2) is 28.3 Å². The fourth-order valence-corrected chi connectivity index (χ4v) is 4.06. The first-order valence-corrected chi connectivity index (χ1v) is 9.01. The molecule has 0 radical (unpaired) electrons. The number of nitrogens with zero attached hydrogens (tertiary/aromatic N) is 2. The van der Waals surface area contributed by atoms with Crippen LogP contribution in [0.5, 0.6) is 5.75 Å². The molecule has 1 amide bonds. The van der Waals surface area contributed by atoms with Gasteiger partial charge in [-0.2, -0.15) is 4.39 Å². The molecule has 1 aromatic carbocycles. The number of ether oxygens (including phenoxy) is 1. The monoisotopic (exact) mass is 397 g/mol. The normalized spacial score (nSPS) is 10.8. The van der Waals surface area contributed by atoms with Gasteiger partial charge in [0.15, 0.2) is 11.6 Å². The molecule has 3 aromatic rings. The Morgan fingerprint density at radius 3 is 2.81 bits per heavy atom. The zero-order chi connectivity index (χ0) is 18.8. The summed E-state index contributed by atoms with van der Waals surface area (Å²) in [4.78, 5) is 20.6. The minimum atomic E-state index is -1.30. The highest BCUT2D eigenvalue weighted by Gasteiger charge is 2.19. The lowest BCUT2D eigenvalue weighted by Gasteiger charge is -2.01. The molecule has 0 aliphatic carbocycles. The molecular weight excluding hydrogens is 384 g/mol. The number of phenolic OH excluding ortho intramolecular Hbond substituents is 1. The third-order valence-corrected chi connectivity index (χ3v) is 5.49. The minimum Gasteiger partial charge on any atom is -0.505 e. The molecule has 136 valence electrons. The van der Waals surface area contributed by atoms with E-state index in [0.717, 1.165) is 22.3 Å². The quantitative estimate of drug-likeness (QED) is 0.693. The van der Waals surface area contributed by atoms with Gasteiger partial charge in [-0.1, -0.05) is 0 Å². The Balaban J connectivity index is 1.88. The Kier molecular flexibility index (Phi) is 5.14. The first-order chi connectivity index (χ1) is 12.4. The second-order valence-electron chi connectivity index (χ2n) is 5.17. The van der Waals surface area contributed by atoms with Crippen LogP contribution < -0.4 is 5.32 Å². The second kappa shape index (κ2) is 7.34. The van der Waals surface area contributed by atoms with Crippen molar-refractivity contribution in [2.45, 2.75) is 13.5 Å². The zero-order valence-electron chi connectivity index (χ0n) is 13.7. The fraction of sp³-hybridized carbons (Fsp3) is 0.188. The van der Waals surface area contributed by atoms with Gasteiger partial charge >= 0.3 is 6.09 Å². The van der Waals surface area contributed by atoms with Crippen LogP contribution in [0.4, 0.5) is 13.6 Å². The maximum atomic E-state index is 14.0. The molecule has 0 spiro atoms. The molecule has 6 nitrogen and oxygen atoms in total. The van der Waals surface area contributed by atoms with Crippen molar-refractivity contribution in [1.29, 1.82) is 0 Å². The van der Waals surface area contributed by atoms with Gasteiger partial charge in [0.2, 0.25) is 5.82 Å². The molecule has 2 aromatic heterocycles. The number of nitrogens with one attached hydrogen (secondary N) is 1. The van der Waals surface area contributed by atoms with Gasteiger partial charge < -0.3 is 15.2 Å². The summed E-state index contributed by atoms with van der Waals surface area (Å²) in [6.07, 6.45) is -0.555. The number of alkyl carbamates (subject to hydrolysis) is 1. The predicted octanol–water partition coefficient (Wildman–Crippen LogP) is 4.08. The van der Waals surface area contributed by atoms with Crippen LogP contribution in [-0.2, 0) is 11.3 Å². The molecular formula is C16H13F2N3O3S2. The van der Waals surface area contributed by atoms with E-state index < -0.39 is 23.5 Å². The zero-order valence-corrected chi connectivity index (χ0v) is 15.3. The molecule has 10 heteroatoms. The number of methoxy groups -OCH3 is 1. The number of phenols is 1. The van der Waals surface area contributed by atoms with E-state index >= 15 is 0 Å². The number of halogens is 2. The highest BCUT2D eigenvalue weighted by Crippen LogP contribution is 2.36. The van der Waals surface area contributed by atoms with Crippen LogP contribution in [0.3, 0.4) is 0 Å². The number of carbonyl (C=O) groups excluding carboxylic acids is 1. The van der Waals surface area contributed by atoms with E-state index in [1.807, 2.05) is 0 Å². The Hall–Kier alpha value is -2.59. The smallest absolute Gasteiger partial charge is 0.407 e. The van der Waals surface area contributed by atoms with Gasteiger partial charge in [-0.25, -0.2) is 19.2 Å². The number of rotatable bonds is 4. The molecule has 0 unspecified atom stereocenters. The summed E-state index contributed by atoms with van der Waals surface area (Å²) in [6.45, 7) is 2.01. The van der Waals surface area contributed by atoms with E-state index in [0.29, 0.717) is 21.4 Å². The average Bonchev–Trinajstić information content (AvgIpc) is 3.24. The lowest BCUT2D eigenvalue weighted by molar-refractivity contribution is 0.170. The summed E-state index contributed by atoms with van der Waals surface area (Å²) in [7, 11) is 1.27. The highest BCUT2D eigenvalue weighted by molar-refractivity contribution is 7.16. The van der Waals surface area contributed by atoms with Gasteiger partial charge in [0, 0.05) is 10.9 Å². The molecule has 2 heterocycles. The molecule has 0 saturated heterocycles. The molecule has 0 bridgehead atoms. The Morgan fingerprint density at radius 2 is 2.08 bits per heavy atom. The number of thiazole rings is 2. The van der Waals surface area contributed by atoms with Crippen molar-refractivity contribution in [2.75, 3.05) is 7.11 Å². The van der Waals surface area contributed by atoms with Gasteiger partial charge in [0.1, 0.15) is 10.0 Å².